The molecule has 2 heterocycles. The molecule has 0 spiro atoms. The van der Waals surface area contributed by atoms with E-state index < -0.39 is 23.8 Å². The largest absolute Gasteiger partial charge is 0.508 e. The number of nitrogens with one attached hydrogen (secondary N) is 3. The molecule has 2 aromatic heterocycles. The maximum absolute atomic E-state index is 12.8. The Morgan fingerprint density at radius 2 is 1.74 bits per heavy atom. The van der Waals surface area contributed by atoms with Crippen LogP contribution in [0.3, 0.4) is 0 Å². The van der Waals surface area contributed by atoms with Gasteiger partial charge in [-0.05, 0) is 47.2 Å². The first-order valence-electron chi connectivity index (χ1n) is 10.3. The number of aromatic hydroxyl groups is 1. The van der Waals surface area contributed by atoms with Gasteiger partial charge in [0.05, 0.1) is 14.6 Å². The lowest BCUT2D eigenvalue weighted by molar-refractivity contribution is -0.139. The van der Waals surface area contributed by atoms with E-state index >= 15 is 0 Å². The number of amides is 3. The SMILES string of the molecule is CCc1cc(C(=O)NCc2cccc(O)c2)sc1C(=O)N[C@@H](CNC(=O)c1cccs1)C(=O)O. The normalized spacial score (nSPS) is 11.4. The summed E-state index contributed by atoms with van der Waals surface area (Å²) in [4.78, 5) is 50.1. The van der Waals surface area contributed by atoms with Crippen LogP contribution < -0.4 is 16.0 Å². The Labute approximate surface area is 203 Å². The number of carbonyl (C=O) groups is 4. The second kappa shape index (κ2) is 11.4. The van der Waals surface area contributed by atoms with E-state index in [9.17, 15) is 29.4 Å². The van der Waals surface area contributed by atoms with Crippen molar-refractivity contribution < 1.29 is 29.4 Å². The summed E-state index contributed by atoms with van der Waals surface area (Å²) in [6.07, 6.45) is 0.464. The first-order valence-corrected chi connectivity index (χ1v) is 12.0. The van der Waals surface area contributed by atoms with Gasteiger partial charge in [0, 0.05) is 13.1 Å². The molecule has 0 aliphatic heterocycles. The van der Waals surface area contributed by atoms with Crippen LogP contribution in [0, 0.1) is 0 Å². The minimum absolute atomic E-state index is 0.0923. The lowest BCUT2D eigenvalue weighted by atomic mass is 10.1. The number of hydrogen-bond acceptors (Lipinski definition) is 7. The predicted molar refractivity (Wildman–Crippen MR) is 129 cm³/mol. The molecule has 34 heavy (non-hydrogen) atoms. The van der Waals surface area contributed by atoms with E-state index in [2.05, 4.69) is 16.0 Å². The second-order valence-electron chi connectivity index (χ2n) is 7.22. The summed E-state index contributed by atoms with van der Waals surface area (Å²) < 4.78 is 0. The van der Waals surface area contributed by atoms with E-state index in [0.29, 0.717) is 27.3 Å². The van der Waals surface area contributed by atoms with Crippen molar-refractivity contribution in [1.82, 2.24) is 16.0 Å². The summed E-state index contributed by atoms with van der Waals surface area (Å²) in [6.45, 7) is 1.73. The third-order valence-corrected chi connectivity index (χ3v) is 6.84. The van der Waals surface area contributed by atoms with E-state index in [-0.39, 0.29) is 29.6 Å². The smallest absolute Gasteiger partial charge is 0.328 e. The van der Waals surface area contributed by atoms with Crippen molar-refractivity contribution in [3.05, 3.63) is 73.6 Å². The van der Waals surface area contributed by atoms with Crippen molar-refractivity contribution in [2.24, 2.45) is 0 Å². The molecule has 0 aliphatic rings. The lowest BCUT2D eigenvalue weighted by Gasteiger charge is -2.15. The fourth-order valence-electron chi connectivity index (χ4n) is 3.04. The summed E-state index contributed by atoms with van der Waals surface area (Å²) in [7, 11) is 0. The molecule has 5 N–H and O–H groups in total. The molecule has 0 aliphatic carbocycles. The van der Waals surface area contributed by atoms with Crippen LogP contribution in [-0.2, 0) is 17.8 Å². The molecular formula is C23H23N3O6S2. The first-order chi connectivity index (χ1) is 16.3. The zero-order valence-electron chi connectivity index (χ0n) is 18.2. The number of aryl methyl sites for hydroxylation is 1. The molecule has 0 saturated carbocycles. The number of thiophene rings is 2. The lowest BCUT2D eigenvalue weighted by Crippen LogP contribution is -2.48. The molecule has 11 heteroatoms. The third kappa shape index (κ3) is 6.42. The van der Waals surface area contributed by atoms with Crippen LogP contribution >= 0.6 is 22.7 Å². The molecule has 1 aromatic carbocycles. The van der Waals surface area contributed by atoms with Gasteiger partial charge in [0.1, 0.15) is 11.8 Å². The number of aliphatic carboxylic acids is 1. The van der Waals surface area contributed by atoms with Crippen LogP contribution in [0.4, 0.5) is 0 Å². The van der Waals surface area contributed by atoms with Gasteiger partial charge in [-0.15, -0.1) is 22.7 Å². The fraction of sp³-hybridized carbons (Fsp3) is 0.217. The second-order valence-corrected chi connectivity index (χ2v) is 9.22. The van der Waals surface area contributed by atoms with Gasteiger partial charge >= 0.3 is 5.97 Å². The van der Waals surface area contributed by atoms with Gasteiger partial charge in [-0.3, -0.25) is 14.4 Å². The minimum Gasteiger partial charge on any atom is -0.508 e. The van der Waals surface area contributed by atoms with Crippen LogP contribution in [0.2, 0.25) is 0 Å². The van der Waals surface area contributed by atoms with Crippen molar-refractivity contribution >= 4 is 46.4 Å². The van der Waals surface area contributed by atoms with E-state index in [1.807, 2.05) is 6.92 Å². The van der Waals surface area contributed by atoms with Crippen LogP contribution in [0.5, 0.6) is 5.75 Å². The molecule has 0 fully saturated rings. The standard InChI is InChI=1S/C23H23N3O6S2/c1-2-14-10-18(21(29)24-11-13-5-3-6-15(27)9-13)34-19(14)22(30)26-16(23(31)32)12-25-20(28)17-7-4-8-33-17/h3-10,16,27H,2,11-12H2,1H3,(H,24,29)(H,25,28)(H,26,30)(H,31,32)/t16-/m0/s1. The van der Waals surface area contributed by atoms with Gasteiger partial charge in [0.15, 0.2) is 0 Å². The number of hydrogen-bond donors (Lipinski definition) is 5. The highest BCUT2D eigenvalue weighted by atomic mass is 32.1. The molecule has 1 atom stereocenters. The van der Waals surface area contributed by atoms with Crippen LogP contribution in [0.25, 0.3) is 0 Å². The monoisotopic (exact) mass is 501 g/mol. The summed E-state index contributed by atoms with van der Waals surface area (Å²) in [5.41, 5.74) is 1.32. The number of rotatable bonds is 10. The Kier molecular flexibility index (Phi) is 8.39. The van der Waals surface area contributed by atoms with Gasteiger partial charge in [-0.2, -0.15) is 0 Å². The van der Waals surface area contributed by atoms with Crippen molar-refractivity contribution in [3.8, 4) is 5.75 Å². The number of carbonyl (C=O) groups excluding carboxylic acids is 3. The molecule has 178 valence electrons. The van der Waals surface area contributed by atoms with Crippen molar-refractivity contribution in [3.63, 3.8) is 0 Å². The highest BCUT2D eigenvalue weighted by molar-refractivity contribution is 7.16. The Morgan fingerprint density at radius 3 is 2.38 bits per heavy atom. The maximum atomic E-state index is 12.8. The van der Waals surface area contributed by atoms with E-state index in [0.717, 1.165) is 11.3 Å². The zero-order valence-corrected chi connectivity index (χ0v) is 19.8. The third-order valence-electron chi connectivity index (χ3n) is 4.80. The van der Waals surface area contributed by atoms with Gasteiger partial charge < -0.3 is 26.2 Å². The fourth-order valence-corrected chi connectivity index (χ4v) is 4.76. The molecule has 0 bridgehead atoms. The summed E-state index contributed by atoms with van der Waals surface area (Å²) >= 11 is 2.18. The van der Waals surface area contributed by atoms with Crippen molar-refractivity contribution in [2.45, 2.75) is 25.9 Å². The van der Waals surface area contributed by atoms with E-state index in [4.69, 9.17) is 0 Å². The number of phenolic OH excluding ortho intramolecular Hbond substituents is 1. The summed E-state index contributed by atoms with van der Waals surface area (Å²) in [6, 6.07) is 10.1. The number of phenols is 1. The van der Waals surface area contributed by atoms with Gasteiger partial charge in [-0.1, -0.05) is 25.1 Å². The van der Waals surface area contributed by atoms with Crippen LogP contribution in [-0.4, -0.2) is 46.5 Å². The number of benzene rings is 1. The quantitative estimate of drug-likeness (QED) is 0.289. The average Bonchev–Trinajstić information content (AvgIpc) is 3.50. The topological polar surface area (TPSA) is 145 Å². The van der Waals surface area contributed by atoms with E-state index in [1.165, 1.54) is 23.5 Å². The van der Waals surface area contributed by atoms with Gasteiger partial charge in [0.25, 0.3) is 17.7 Å². The van der Waals surface area contributed by atoms with Crippen molar-refractivity contribution in [1.29, 1.82) is 0 Å². The maximum Gasteiger partial charge on any atom is 0.328 e. The van der Waals surface area contributed by atoms with E-state index in [1.54, 1.807) is 35.7 Å². The molecular weight excluding hydrogens is 478 g/mol. The molecule has 0 radical (unpaired) electrons. The number of carboxylic acid groups (broad SMARTS) is 1. The minimum atomic E-state index is -1.34. The van der Waals surface area contributed by atoms with Crippen LogP contribution in [0.15, 0.2) is 47.8 Å². The summed E-state index contributed by atoms with van der Waals surface area (Å²) in [5, 5.41) is 28.4. The Hall–Kier alpha value is -3.70. The van der Waals surface area contributed by atoms with Gasteiger partial charge in [-0.25, -0.2) is 4.79 Å². The molecule has 0 saturated heterocycles. The van der Waals surface area contributed by atoms with Crippen LogP contribution in [0.1, 0.15) is 47.1 Å². The Bertz CT molecular complexity index is 1190. The molecule has 9 nitrogen and oxygen atoms in total. The van der Waals surface area contributed by atoms with Crippen molar-refractivity contribution in [2.75, 3.05) is 6.54 Å². The zero-order chi connectivity index (χ0) is 24.7. The number of carboxylic acids is 1. The Morgan fingerprint density at radius 1 is 0.971 bits per heavy atom. The average molecular weight is 502 g/mol. The molecule has 3 rings (SSSR count). The first kappa shape index (κ1) is 24.9. The molecule has 3 aromatic rings. The van der Waals surface area contributed by atoms with Gasteiger partial charge in [0.2, 0.25) is 0 Å². The highest BCUT2D eigenvalue weighted by Crippen LogP contribution is 2.24. The molecule has 3 amide bonds. The highest BCUT2D eigenvalue weighted by Gasteiger charge is 2.25. The predicted octanol–water partition coefficient (Wildman–Crippen LogP) is 2.62. The summed E-state index contributed by atoms with van der Waals surface area (Å²) in [5.74, 6) is -2.65. The molecule has 0 unspecified atom stereocenters. The Balaban J connectivity index is 1.65.